The van der Waals surface area contributed by atoms with Crippen molar-refractivity contribution in [3.8, 4) is 0 Å². The van der Waals surface area contributed by atoms with Gasteiger partial charge in [0.05, 0.1) is 5.69 Å². The smallest absolute Gasteiger partial charge is 0.274 e. The van der Waals surface area contributed by atoms with Crippen LogP contribution >= 0.6 is 0 Å². The van der Waals surface area contributed by atoms with Gasteiger partial charge in [0.15, 0.2) is 0 Å². The molecular formula is C20H22FN5O3. The van der Waals surface area contributed by atoms with Gasteiger partial charge >= 0.3 is 0 Å². The van der Waals surface area contributed by atoms with Crippen molar-refractivity contribution in [2.45, 2.75) is 38.3 Å². The van der Waals surface area contributed by atoms with Gasteiger partial charge in [0, 0.05) is 19.2 Å². The van der Waals surface area contributed by atoms with Gasteiger partial charge in [-0.15, -0.1) is 0 Å². The SMILES string of the molecule is O=C(Nc1ccc2c(c1F)CCNC2)C1CCCCN1C(=O)c1ccc(=O)[nH]n1. The Hall–Kier alpha value is -3.07. The Morgan fingerprint density at radius 1 is 1.21 bits per heavy atom. The van der Waals surface area contributed by atoms with E-state index < -0.39 is 29.2 Å². The Balaban J connectivity index is 1.54. The van der Waals surface area contributed by atoms with Crippen LogP contribution in [0.4, 0.5) is 10.1 Å². The van der Waals surface area contributed by atoms with Gasteiger partial charge in [-0.25, -0.2) is 9.49 Å². The number of fused-ring (bicyclic) bond motifs is 1. The number of benzene rings is 1. The van der Waals surface area contributed by atoms with Gasteiger partial charge in [0.1, 0.15) is 17.6 Å². The predicted molar refractivity (Wildman–Crippen MR) is 104 cm³/mol. The number of aromatic amines is 1. The highest BCUT2D eigenvalue weighted by Crippen LogP contribution is 2.26. The third-order valence-electron chi connectivity index (χ3n) is 5.43. The van der Waals surface area contributed by atoms with Crippen molar-refractivity contribution < 1.29 is 14.0 Å². The fraction of sp³-hybridized carbons (Fsp3) is 0.400. The molecule has 8 nitrogen and oxygen atoms in total. The predicted octanol–water partition coefficient (Wildman–Crippen LogP) is 1.19. The Bertz CT molecular complexity index is 986. The van der Waals surface area contributed by atoms with E-state index in [1.54, 1.807) is 6.07 Å². The summed E-state index contributed by atoms with van der Waals surface area (Å²) < 4.78 is 14.9. The number of amides is 2. The third kappa shape index (κ3) is 3.91. The van der Waals surface area contributed by atoms with Crippen LogP contribution in [0.3, 0.4) is 0 Å². The molecule has 0 radical (unpaired) electrons. The monoisotopic (exact) mass is 399 g/mol. The zero-order chi connectivity index (χ0) is 20.4. The minimum absolute atomic E-state index is 0.0664. The van der Waals surface area contributed by atoms with Crippen LogP contribution in [0, 0.1) is 5.82 Å². The van der Waals surface area contributed by atoms with Crippen molar-refractivity contribution in [2.24, 2.45) is 0 Å². The molecule has 29 heavy (non-hydrogen) atoms. The van der Waals surface area contributed by atoms with E-state index in [1.165, 1.54) is 17.0 Å². The standard InChI is InChI=1S/C20H22FN5O3/c21-18-13-8-9-22-11-12(13)4-5-14(18)23-19(28)16-3-1-2-10-26(16)20(29)15-6-7-17(27)25-24-15/h4-7,16,22H,1-3,8-11H2,(H,23,28)(H,25,27). The molecule has 1 aromatic carbocycles. The minimum Gasteiger partial charge on any atom is -0.325 e. The van der Waals surface area contributed by atoms with Crippen molar-refractivity contribution in [3.63, 3.8) is 0 Å². The van der Waals surface area contributed by atoms with Crippen molar-refractivity contribution >= 4 is 17.5 Å². The number of halogens is 1. The van der Waals surface area contributed by atoms with Crippen LogP contribution in [0.1, 0.15) is 40.9 Å². The highest BCUT2D eigenvalue weighted by atomic mass is 19.1. The lowest BCUT2D eigenvalue weighted by Crippen LogP contribution is -2.50. The normalized spacial score (nSPS) is 18.8. The highest BCUT2D eigenvalue weighted by molar-refractivity contribution is 6.00. The number of carbonyl (C=O) groups is 2. The van der Waals surface area contributed by atoms with Gasteiger partial charge in [-0.05, 0) is 55.5 Å². The van der Waals surface area contributed by atoms with E-state index in [-0.39, 0.29) is 11.4 Å². The molecule has 0 saturated carbocycles. The van der Waals surface area contributed by atoms with Crippen molar-refractivity contribution in [2.75, 3.05) is 18.4 Å². The van der Waals surface area contributed by atoms with Gasteiger partial charge in [-0.2, -0.15) is 5.10 Å². The summed E-state index contributed by atoms with van der Waals surface area (Å²) >= 11 is 0. The van der Waals surface area contributed by atoms with Gasteiger partial charge in [-0.1, -0.05) is 6.07 Å². The molecule has 2 aromatic rings. The molecule has 2 aliphatic rings. The first-order valence-corrected chi connectivity index (χ1v) is 9.73. The first kappa shape index (κ1) is 19.3. The topological polar surface area (TPSA) is 107 Å². The molecule has 3 N–H and O–H groups in total. The van der Waals surface area contributed by atoms with E-state index >= 15 is 0 Å². The average Bonchev–Trinajstić information content (AvgIpc) is 2.76. The first-order valence-electron chi connectivity index (χ1n) is 9.73. The Morgan fingerprint density at radius 2 is 2.07 bits per heavy atom. The molecule has 1 unspecified atom stereocenters. The largest absolute Gasteiger partial charge is 0.325 e. The second kappa shape index (κ2) is 8.12. The van der Waals surface area contributed by atoms with Crippen LogP contribution in [0.25, 0.3) is 0 Å². The van der Waals surface area contributed by atoms with Gasteiger partial charge < -0.3 is 15.5 Å². The quantitative estimate of drug-likeness (QED) is 0.719. The Morgan fingerprint density at radius 3 is 2.86 bits per heavy atom. The number of nitrogens with zero attached hydrogens (tertiary/aromatic N) is 2. The van der Waals surface area contributed by atoms with E-state index in [4.69, 9.17) is 0 Å². The number of aromatic nitrogens is 2. The summed E-state index contributed by atoms with van der Waals surface area (Å²) in [6.45, 7) is 1.70. The number of rotatable bonds is 3. The molecule has 1 fully saturated rings. The lowest BCUT2D eigenvalue weighted by molar-refractivity contribution is -0.121. The number of likely N-dealkylation sites (tertiary alicyclic amines) is 1. The molecule has 9 heteroatoms. The number of anilines is 1. The Labute approximate surface area is 166 Å². The number of hydrogen-bond acceptors (Lipinski definition) is 5. The second-order valence-electron chi connectivity index (χ2n) is 7.30. The summed E-state index contributed by atoms with van der Waals surface area (Å²) in [4.78, 5) is 38.4. The maximum atomic E-state index is 14.9. The fourth-order valence-corrected chi connectivity index (χ4v) is 3.90. The van der Waals surface area contributed by atoms with Gasteiger partial charge in [-0.3, -0.25) is 14.4 Å². The fourth-order valence-electron chi connectivity index (χ4n) is 3.90. The summed E-state index contributed by atoms with van der Waals surface area (Å²) in [5, 5.41) is 11.9. The van der Waals surface area contributed by atoms with E-state index in [0.717, 1.165) is 18.4 Å². The lowest BCUT2D eigenvalue weighted by Gasteiger charge is -2.34. The molecule has 2 amide bonds. The molecule has 1 saturated heterocycles. The zero-order valence-electron chi connectivity index (χ0n) is 15.8. The molecule has 2 aliphatic heterocycles. The minimum atomic E-state index is -0.720. The third-order valence-corrected chi connectivity index (χ3v) is 5.43. The molecule has 0 bridgehead atoms. The van der Waals surface area contributed by atoms with Crippen LogP contribution in [-0.2, 0) is 17.8 Å². The van der Waals surface area contributed by atoms with Crippen molar-refractivity contribution in [3.05, 3.63) is 57.3 Å². The molecule has 1 atom stereocenters. The number of H-pyrrole nitrogens is 1. The van der Waals surface area contributed by atoms with Crippen molar-refractivity contribution in [1.82, 2.24) is 20.4 Å². The second-order valence-corrected chi connectivity index (χ2v) is 7.30. The van der Waals surface area contributed by atoms with Crippen LogP contribution in [-0.4, -0.2) is 46.0 Å². The van der Waals surface area contributed by atoms with Gasteiger partial charge in [0.25, 0.3) is 11.5 Å². The average molecular weight is 399 g/mol. The molecule has 0 spiro atoms. The molecule has 1 aromatic heterocycles. The van der Waals surface area contributed by atoms with Crippen LogP contribution in [0.5, 0.6) is 0 Å². The highest BCUT2D eigenvalue weighted by Gasteiger charge is 2.34. The summed E-state index contributed by atoms with van der Waals surface area (Å²) in [6.07, 6.45) is 2.60. The van der Waals surface area contributed by atoms with Crippen molar-refractivity contribution in [1.29, 1.82) is 0 Å². The maximum Gasteiger partial charge on any atom is 0.274 e. The number of piperidine rings is 1. The molecule has 0 aliphatic carbocycles. The van der Waals surface area contributed by atoms with E-state index in [2.05, 4.69) is 20.8 Å². The molecule has 3 heterocycles. The number of nitrogens with one attached hydrogen (secondary N) is 3. The van der Waals surface area contributed by atoms with E-state index in [0.29, 0.717) is 38.0 Å². The lowest BCUT2D eigenvalue weighted by atomic mass is 9.98. The summed E-state index contributed by atoms with van der Waals surface area (Å²) in [5.74, 6) is -1.26. The molecule has 4 rings (SSSR count). The summed E-state index contributed by atoms with van der Waals surface area (Å²) in [6, 6.07) is 5.21. The number of hydrogen-bond donors (Lipinski definition) is 3. The van der Waals surface area contributed by atoms with Crippen LogP contribution in [0.2, 0.25) is 0 Å². The Kier molecular flexibility index (Phi) is 5.39. The summed E-state index contributed by atoms with van der Waals surface area (Å²) in [7, 11) is 0. The number of carbonyl (C=O) groups excluding carboxylic acids is 2. The molecular weight excluding hydrogens is 377 g/mol. The first-order chi connectivity index (χ1) is 14.0. The van der Waals surface area contributed by atoms with Crippen LogP contribution in [0.15, 0.2) is 29.1 Å². The zero-order valence-corrected chi connectivity index (χ0v) is 15.8. The van der Waals surface area contributed by atoms with Gasteiger partial charge in [0.2, 0.25) is 5.91 Å². The van der Waals surface area contributed by atoms with E-state index in [1.807, 2.05) is 6.07 Å². The van der Waals surface area contributed by atoms with E-state index in [9.17, 15) is 18.8 Å². The molecule has 152 valence electrons. The summed E-state index contributed by atoms with van der Waals surface area (Å²) in [5.41, 5.74) is 1.31. The maximum absolute atomic E-state index is 14.9. The van der Waals surface area contributed by atoms with Crippen LogP contribution < -0.4 is 16.2 Å².